The van der Waals surface area contributed by atoms with Gasteiger partial charge >= 0.3 is 0 Å². The number of amides is 1. The van der Waals surface area contributed by atoms with Gasteiger partial charge in [-0.25, -0.2) is 4.98 Å². The smallest absolute Gasteiger partial charge is 0.225 e. The van der Waals surface area contributed by atoms with Gasteiger partial charge in [-0.3, -0.25) is 9.79 Å². The van der Waals surface area contributed by atoms with Gasteiger partial charge in [0.25, 0.3) is 0 Å². The van der Waals surface area contributed by atoms with Gasteiger partial charge < -0.3 is 20.3 Å². The fraction of sp³-hybridized carbons (Fsp3) is 0.720. The van der Waals surface area contributed by atoms with Crippen molar-refractivity contribution in [2.45, 2.75) is 85.4 Å². The summed E-state index contributed by atoms with van der Waals surface area (Å²) in [4.78, 5) is 23.4. The van der Waals surface area contributed by atoms with Gasteiger partial charge in [-0.05, 0) is 56.6 Å². The molecule has 0 bridgehead atoms. The van der Waals surface area contributed by atoms with Crippen LogP contribution in [0.5, 0.6) is 5.88 Å². The summed E-state index contributed by atoms with van der Waals surface area (Å²) >= 11 is 0. The van der Waals surface area contributed by atoms with Gasteiger partial charge in [0.05, 0.1) is 6.10 Å². The molecule has 0 aromatic carbocycles. The molecule has 7 heteroatoms. The molecule has 32 heavy (non-hydrogen) atoms. The van der Waals surface area contributed by atoms with Gasteiger partial charge in [-0.15, -0.1) is 0 Å². The Bertz CT molecular complexity index is 725. The first-order chi connectivity index (χ1) is 15.4. The topological polar surface area (TPSA) is 78.9 Å². The predicted molar refractivity (Wildman–Crippen MR) is 131 cm³/mol. The van der Waals surface area contributed by atoms with Crippen molar-refractivity contribution in [3.63, 3.8) is 0 Å². The second kappa shape index (κ2) is 13.3. The molecule has 0 spiro atoms. The Hall–Kier alpha value is -2.31. The summed E-state index contributed by atoms with van der Waals surface area (Å²) in [5, 5.41) is 6.91. The van der Waals surface area contributed by atoms with Crippen LogP contribution in [0.15, 0.2) is 23.3 Å². The Morgan fingerprint density at radius 2 is 1.94 bits per heavy atom. The lowest BCUT2D eigenvalue weighted by Gasteiger charge is -2.34. The summed E-state index contributed by atoms with van der Waals surface area (Å²) in [5.74, 6) is 2.51. The number of ether oxygens (including phenoxy) is 1. The van der Waals surface area contributed by atoms with Crippen molar-refractivity contribution in [2.75, 3.05) is 20.1 Å². The highest BCUT2D eigenvalue weighted by Crippen LogP contribution is 2.18. The van der Waals surface area contributed by atoms with Gasteiger partial charge in [0.2, 0.25) is 11.8 Å². The van der Waals surface area contributed by atoms with Crippen LogP contribution in [0, 0.1) is 11.8 Å². The summed E-state index contributed by atoms with van der Waals surface area (Å²) in [6.07, 6.45) is 6.65. The molecule has 2 heterocycles. The lowest BCUT2D eigenvalue weighted by atomic mass is 9.98. The fourth-order valence-electron chi connectivity index (χ4n) is 4.26. The van der Waals surface area contributed by atoms with E-state index in [9.17, 15) is 4.79 Å². The molecule has 1 aromatic heterocycles. The highest BCUT2D eigenvalue weighted by Gasteiger charge is 2.26. The molecule has 0 aliphatic carbocycles. The Morgan fingerprint density at radius 3 is 2.53 bits per heavy atom. The van der Waals surface area contributed by atoms with E-state index in [0.717, 1.165) is 56.7 Å². The maximum atomic E-state index is 12.6. The van der Waals surface area contributed by atoms with Gasteiger partial charge in [-0.2, -0.15) is 0 Å². The van der Waals surface area contributed by atoms with Crippen LogP contribution in [0.2, 0.25) is 0 Å². The average Bonchev–Trinajstić information content (AvgIpc) is 2.77. The zero-order valence-electron chi connectivity index (χ0n) is 20.9. The van der Waals surface area contributed by atoms with Crippen LogP contribution in [-0.4, -0.2) is 54.0 Å². The maximum absolute atomic E-state index is 12.6. The molecule has 1 saturated heterocycles. The summed E-state index contributed by atoms with van der Waals surface area (Å²) < 4.78 is 5.97. The number of aliphatic imine (C=N–C) groups is 1. The Balaban J connectivity index is 1.80. The second-order valence-corrected chi connectivity index (χ2v) is 9.24. The van der Waals surface area contributed by atoms with Crippen LogP contribution in [0.25, 0.3) is 0 Å². The van der Waals surface area contributed by atoms with E-state index in [1.807, 2.05) is 17.0 Å². The molecule has 1 unspecified atom stereocenters. The second-order valence-electron chi connectivity index (χ2n) is 9.24. The lowest BCUT2D eigenvalue weighted by Crippen LogP contribution is -2.50. The molecule has 1 amide bonds. The molecule has 0 radical (unpaired) electrons. The van der Waals surface area contributed by atoms with Gasteiger partial charge in [0, 0.05) is 50.9 Å². The number of nitrogens with zero attached hydrogens (tertiary/aromatic N) is 3. The largest absolute Gasteiger partial charge is 0.475 e. The van der Waals surface area contributed by atoms with E-state index < -0.39 is 0 Å². The van der Waals surface area contributed by atoms with Gasteiger partial charge in [-0.1, -0.05) is 27.7 Å². The number of piperidine rings is 1. The molecule has 1 fully saturated rings. The number of aromatic nitrogens is 1. The van der Waals surface area contributed by atoms with Crippen molar-refractivity contribution >= 4 is 11.9 Å². The van der Waals surface area contributed by atoms with Crippen LogP contribution in [0.1, 0.15) is 72.3 Å². The minimum absolute atomic E-state index is 0.142. The standard InChI is InChI=1S/C25H43N5O2/c1-7-21(8-2)24(31)30-13-10-22(11-14-30)29-25(26-6)28-17-20-9-12-27-23(16-20)32-19(5)15-18(3)4/h9,12,16,18-19,21-22H,7-8,10-11,13-15,17H2,1-6H3,(H2,26,28,29). The van der Waals surface area contributed by atoms with Crippen molar-refractivity contribution < 1.29 is 9.53 Å². The molecular weight excluding hydrogens is 402 g/mol. The quantitative estimate of drug-likeness (QED) is 0.421. The Labute approximate surface area is 194 Å². The molecule has 2 rings (SSSR count). The zero-order chi connectivity index (χ0) is 23.5. The molecule has 1 aliphatic rings. The third-order valence-electron chi connectivity index (χ3n) is 6.09. The molecule has 7 nitrogen and oxygen atoms in total. The van der Waals surface area contributed by atoms with Crippen LogP contribution >= 0.6 is 0 Å². The summed E-state index contributed by atoms with van der Waals surface area (Å²) in [6, 6.07) is 4.29. The normalized spacial score (nSPS) is 16.4. The molecule has 1 aromatic rings. The lowest BCUT2D eigenvalue weighted by molar-refractivity contribution is -0.136. The third kappa shape index (κ3) is 8.32. The van der Waals surface area contributed by atoms with E-state index in [1.54, 1.807) is 13.2 Å². The number of nitrogens with one attached hydrogen (secondary N) is 2. The summed E-state index contributed by atoms with van der Waals surface area (Å²) in [5.41, 5.74) is 1.10. The Morgan fingerprint density at radius 1 is 1.25 bits per heavy atom. The van der Waals surface area contributed by atoms with E-state index in [2.05, 4.69) is 55.2 Å². The van der Waals surface area contributed by atoms with Gasteiger partial charge in [0.1, 0.15) is 0 Å². The summed E-state index contributed by atoms with van der Waals surface area (Å²) in [7, 11) is 1.79. The first kappa shape index (κ1) is 25.9. The minimum Gasteiger partial charge on any atom is -0.475 e. The molecular formula is C25H43N5O2. The molecule has 0 saturated carbocycles. The van der Waals surface area contributed by atoms with E-state index >= 15 is 0 Å². The molecule has 2 N–H and O–H groups in total. The SMILES string of the molecule is CCC(CC)C(=O)N1CCC(NC(=NC)NCc2ccnc(OC(C)CC(C)C)c2)CC1. The molecule has 180 valence electrons. The molecule has 1 aliphatic heterocycles. The van der Waals surface area contributed by atoms with Crippen LogP contribution in [0.3, 0.4) is 0 Å². The fourth-order valence-corrected chi connectivity index (χ4v) is 4.26. The highest BCUT2D eigenvalue weighted by atomic mass is 16.5. The van der Waals surface area contributed by atoms with Crippen molar-refractivity contribution in [1.82, 2.24) is 20.5 Å². The number of guanidine groups is 1. The number of hydrogen-bond donors (Lipinski definition) is 2. The van der Waals surface area contributed by atoms with Gasteiger partial charge in [0.15, 0.2) is 5.96 Å². The van der Waals surface area contributed by atoms with E-state index in [4.69, 9.17) is 4.74 Å². The number of likely N-dealkylation sites (tertiary alicyclic amines) is 1. The van der Waals surface area contributed by atoms with Crippen LogP contribution in [0.4, 0.5) is 0 Å². The number of pyridine rings is 1. The van der Waals surface area contributed by atoms with Crippen molar-refractivity contribution in [2.24, 2.45) is 16.8 Å². The highest BCUT2D eigenvalue weighted by molar-refractivity contribution is 5.80. The first-order valence-electron chi connectivity index (χ1n) is 12.2. The summed E-state index contributed by atoms with van der Waals surface area (Å²) in [6.45, 7) is 12.9. The monoisotopic (exact) mass is 445 g/mol. The minimum atomic E-state index is 0.142. The van der Waals surface area contributed by atoms with Crippen LogP contribution in [-0.2, 0) is 11.3 Å². The van der Waals surface area contributed by atoms with E-state index in [0.29, 0.717) is 30.3 Å². The Kier molecular flexibility index (Phi) is 10.8. The zero-order valence-corrected chi connectivity index (χ0v) is 20.9. The third-order valence-corrected chi connectivity index (χ3v) is 6.09. The number of rotatable bonds is 10. The maximum Gasteiger partial charge on any atom is 0.225 e. The predicted octanol–water partition coefficient (Wildman–Crippen LogP) is 3.99. The molecule has 1 atom stereocenters. The van der Waals surface area contributed by atoms with Crippen molar-refractivity contribution in [3.05, 3.63) is 23.9 Å². The van der Waals surface area contributed by atoms with Crippen molar-refractivity contribution in [1.29, 1.82) is 0 Å². The number of carbonyl (C=O) groups excluding carboxylic acids is 1. The van der Waals surface area contributed by atoms with Crippen LogP contribution < -0.4 is 15.4 Å². The van der Waals surface area contributed by atoms with Crippen molar-refractivity contribution in [3.8, 4) is 5.88 Å². The number of hydrogen-bond acceptors (Lipinski definition) is 4. The van der Waals surface area contributed by atoms with E-state index in [1.165, 1.54) is 0 Å². The first-order valence-corrected chi connectivity index (χ1v) is 12.2. The van der Waals surface area contributed by atoms with E-state index in [-0.39, 0.29) is 12.0 Å². The number of carbonyl (C=O) groups is 1. The average molecular weight is 446 g/mol.